The first kappa shape index (κ1) is 9.97. The Kier molecular flexibility index (Phi) is 2.86. The zero-order chi connectivity index (χ0) is 10.7. The fourth-order valence-electron chi connectivity index (χ4n) is 1.04. The van der Waals surface area contributed by atoms with Crippen molar-refractivity contribution in [1.29, 1.82) is 0 Å². The van der Waals surface area contributed by atoms with Crippen LogP contribution in [0.15, 0.2) is 18.6 Å². The van der Waals surface area contributed by atoms with Crippen molar-refractivity contribution in [3.05, 3.63) is 34.3 Å². The lowest BCUT2D eigenvalue weighted by molar-refractivity contribution is 0.614. The third-order valence-corrected chi connectivity index (χ3v) is 2.60. The highest BCUT2D eigenvalue weighted by atomic mass is 32.1. The Bertz CT molecular complexity index is 440. The standard InChI is InChI=1S/C9H9FN4S/c1-6-2-11-8(15-6)5-14-9-12-3-7(10)4-13-9/h2-4H,5H2,1H3,(H,12,13,14). The summed E-state index contributed by atoms with van der Waals surface area (Å²) in [6.07, 6.45) is 4.07. The second-order valence-electron chi connectivity index (χ2n) is 2.94. The lowest BCUT2D eigenvalue weighted by Gasteiger charge is -2.00. The SMILES string of the molecule is Cc1cnc(CNc2ncc(F)cn2)s1. The lowest BCUT2D eigenvalue weighted by Crippen LogP contribution is -2.02. The molecule has 0 unspecified atom stereocenters. The Balaban J connectivity index is 1.96. The monoisotopic (exact) mass is 224 g/mol. The molecule has 1 N–H and O–H groups in total. The van der Waals surface area contributed by atoms with E-state index in [2.05, 4.69) is 20.3 Å². The summed E-state index contributed by atoms with van der Waals surface area (Å²) in [4.78, 5) is 12.9. The van der Waals surface area contributed by atoms with Gasteiger partial charge in [-0.05, 0) is 6.92 Å². The van der Waals surface area contributed by atoms with Crippen LogP contribution in [0.3, 0.4) is 0 Å². The van der Waals surface area contributed by atoms with Gasteiger partial charge in [-0.2, -0.15) is 0 Å². The minimum absolute atomic E-state index is 0.407. The molecular formula is C9H9FN4S. The summed E-state index contributed by atoms with van der Waals surface area (Å²) in [6, 6.07) is 0. The average Bonchev–Trinajstić information content (AvgIpc) is 2.64. The number of hydrogen-bond donors (Lipinski definition) is 1. The molecule has 4 nitrogen and oxygen atoms in total. The Morgan fingerprint density at radius 2 is 2.00 bits per heavy atom. The first-order valence-corrected chi connectivity index (χ1v) is 5.18. The fourth-order valence-corrected chi connectivity index (χ4v) is 1.77. The first-order chi connectivity index (χ1) is 7.24. The maximum atomic E-state index is 12.5. The average molecular weight is 224 g/mol. The number of nitrogens with one attached hydrogen (secondary N) is 1. The predicted octanol–water partition coefficient (Wildman–Crippen LogP) is 1.99. The smallest absolute Gasteiger partial charge is 0.223 e. The van der Waals surface area contributed by atoms with Crippen LogP contribution < -0.4 is 5.32 Å². The summed E-state index contributed by atoms with van der Waals surface area (Å²) < 4.78 is 12.5. The molecule has 0 saturated carbocycles. The highest BCUT2D eigenvalue weighted by Crippen LogP contribution is 2.12. The van der Waals surface area contributed by atoms with Crippen LogP contribution in [0.4, 0.5) is 10.3 Å². The molecule has 0 spiro atoms. The molecule has 0 radical (unpaired) electrons. The van der Waals surface area contributed by atoms with Crippen molar-refractivity contribution < 1.29 is 4.39 Å². The number of aromatic nitrogens is 3. The molecule has 0 atom stereocenters. The minimum Gasteiger partial charge on any atom is -0.348 e. The molecule has 0 fully saturated rings. The van der Waals surface area contributed by atoms with Crippen molar-refractivity contribution >= 4 is 17.3 Å². The first-order valence-electron chi connectivity index (χ1n) is 4.37. The van der Waals surface area contributed by atoms with E-state index in [4.69, 9.17) is 0 Å². The van der Waals surface area contributed by atoms with E-state index in [1.165, 1.54) is 0 Å². The second kappa shape index (κ2) is 4.31. The maximum Gasteiger partial charge on any atom is 0.223 e. The van der Waals surface area contributed by atoms with Crippen molar-refractivity contribution in [3.8, 4) is 0 Å². The van der Waals surface area contributed by atoms with Gasteiger partial charge in [0.2, 0.25) is 5.95 Å². The summed E-state index contributed by atoms with van der Waals surface area (Å²) >= 11 is 1.61. The van der Waals surface area contributed by atoms with Crippen molar-refractivity contribution in [2.24, 2.45) is 0 Å². The third-order valence-electron chi connectivity index (χ3n) is 1.69. The van der Waals surface area contributed by atoms with Crippen LogP contribution in [0, 0.1) is 12.7 Å². The maximum absolute atomic E-state index is 12.5. The van der Waals surface area contributed by atoms with Gasteiger partial charge in [0.1, 0.15) is 5.01 Å². The van der Waals surface area contributed by atoms with Gasteiger partial charge in [0.25, 0.3) is 0 Å². The second-order valence-corrected chi connectivity index (χ2v) is 4.26. The van der Waals surface area contributed by atoms with E-state index in [0.29, 0.717) is 12.5 Å². The summed E-state index contributed by atoms with van der Waals surface area (Å²) in [5.74, 6) is -0.0325. The van der Waals surface area contributed by atoms with Crippen molar-refractivity contribution in [2.75, 3.05) is 5.32 Å². The largest absolute Gasteiger partial charge is 0.348 e. The van der Waals surface area contributed by atoms with Gasteiger partial charge < -0.3 is 5.32 Å². The molecule has 0 aromatic carbocycles. The summed E-state index contributed by atoms with van der Waals surface area (Å²) in [7, 11) is 0. The van der Waals surface area contributed by atoms with Crippen LogP contribution >= 0.6 is 11.3 Å². The molecule has 2 heterocycles. The number of hydrogen-bond acceptors (Lipinski definition) is 5. The number of aryl methyl sites for hydroxylation is 1. The molecular weight excluding hydrogens is 215 g/mol. The third kappa shape index (κ3) is 2.69. The van der Waals surface area contributed by atoms with E-state index in [1.54, 1.807) is 11.3 Å². The number of nitrogens with zero attached hydrogens (tertiary/aromatic N) is 3. The van der Waals surface area contributed by atoms with Gasteiger partial charge in [0.05, 0.1) is 18.9 Å². The Labute approximate surface area is 90.2 Å². The van der Waals surface area contributed by atoms with E-state index >= 15 is 0 Å². The van der Waals surface area contributed by atoms with Gasteiger partial charge in [-0.1, -0.05) is 0 Å². The van der Waals surface area contributed by atoms with Crippen LogP contribution in [-0.4, -0.2) is 15.0 Å². The van der Waals surface area contributed by atoms with E-state index < -0.39 is 5.82 Å². The van der Waals surface area contributed by atoms with Crippen LogP contribution in [0.2, 0.25) is 0 Å². The van der Waals surface area contributed by atoms with E-state index in [1.807, 2.05) is 13.1 Å². The van der Waals surface area contributed by atoms with Crippen molar-refractivity contribution in [1.82, 2.24) is 15.0 Å². The molecule has 2 aromatic rings. The molecule has 0 aliphatic heterocycles. The molecule has 2 aromatic heterocycles. The number of anilines is 1. The fraction of sp³-hybridized carbons (Fsp3) is 0.222. The van der Waals surface area contributed by atoms with Gasteiger partial charge in [-0.15, -0.1) is 11.3 Å². The van der Waals surface area contributed by atoms with Crippen LogP contribution in [0.5, 0.6) is 0 Å². The van der Waals surface area contributed by atoms with Crippen LogP contribution in [0.25, 0.3) is 0 Å². The van der Waals surface area contributed by atoms with Gasteiger partial charge in [0, 0.05) is 11.1 Å². The van der Waals surface area contributed by atoms with Crippen molar-refractivity contribution in [2.45, 2.75) is 13.5 Å². The molecule has 0 aliphatic carbocycles. The van der Waals surface area contributed by atoms with E-state index in [-0.39, 0.29) is 0 Å². The molecule has 2 rings (SSSR count). The topological polar surface area (TPSA) is 50.7 Å². The molecule has 0 amide bonds. The highest BCUT2D eigenvalue weighted by molar-refractivity contribution is 7.11. The number of rotatable bonds is 3. The Hall–Kier alpha value is -1.56. The van der Waals surface area contributed by atoms with Crippen LogP contribution in [0.1, 0.15) is 9.88 Å². The summed E-state index contributed by atoms with van der Waals surface area (Å²) in [5, 5.41) is 3.92. The van der Waals surface area contributed by atoms with Gasteiger partial charge >= 0.3 is 0 Å². The zero-order valence-corrected chi connectivity index (χ0v) is 8.88. The van der Waals surface area contributed by atoms with E-state index in [9.17, 15) is 4.39 Å². The molecule has 78 valence electrons. The molecule has 15 heavy (non-hydrogen) atoms. The molecule has 0 saturated heterocycles. The van der Waals surface area contributed by atoms with Gasteiger partial charge in [-0.3, -0.25) is 0 Å². The Morgan fingerprint density at radius 3 is 2.60 bits per heavy atom. The Morgan fingerprint density at radius 1 is 1.27 bits per heavy atom. The molecule has 6 heteroatoms. The lowest BCUT2D eigenvalue weighted by atomic mass is 10.6. The minimum atomic E-state index is -0.439. The van der Waals surface area contributed by atoms with Gasteiger partial charge in [-0.25, -0.2) is 19.3 Å². The normalized spacial score (nSPS) is 10.3. The number of thiazole rings is 1. The van der Waals surface area contributed by atoms with Gasteiger partial charge in [0.15, 0.2) is 5.82 Å². The zero-order valence-electron chi connectivity index (χ0n) is 8.07. The highest BCUT2D eigenvalue weighted by Gasteiger charge is 2.00. The summed E-state index contributed by atoms with van der Waals surface area (Å²) in [6.45, 7) is 2.56. The predicted molar refractivity (Wildman–Crippen MR) is 56.2 cm³/mol. The van der Waals surface area contributed by atoms with Crippen molar-refractivity contribution in [3.63, 3.8) is 0 Å². The summed E-state index contributed by atoms with van der Waals surface area (Å²) in [5.41, 5.74) is 0. The molecule has 0 bridgehead atoms. The number of halogens is 1. The molecule has 0 aliphatic rings. The van der Waals surface area contributed by atoms with Crippen LogP contribution in [-0.2, 0) is 6.54 Å². The quantitative estimate of drug-likeness (QED) is 0.866. The van der Waals surface area contributed by atoms with E-state index in [0.717, 1.165) is 22.3 Å².